The van der Waals surface area contributed by atoms with E-state index in [1.54, 1.807) is 50.5 Å². The molecule has 4 aromatic heterocycles. The van der Waals surface area contributed by atoms with Gasteiger partial charge in [0.15, 0.2) is 57.8 Å². The molecular weight excluding hydrogens is 1610 g/mol. The van der Waals surface area contributed by atoms with Crippen LogP contribution in [0.3, 0.4) is 0 Å². The number of aromatic hydroxyl groups is 1. The van der Waals surface area contributed by atoms with Crippen molar-refractivity contribution in [3.05, 3.63) is 191 Å². The number of hydrogen-bond donors (Lipinski definition) is 6. The van der Waals surface area contributed by atoms with E-state index in [1.807, 2.05) is 45.9 Å². The van der Waals surface area contributed by atoms with Crippen molar-refractivity contribution in [3.8, 4) is 40.2 Å². The number of amides is 1. The number of phenolic OH excluding ortho intramolecular Hbond substituents is 1. The van der Waals surface area contributed by atoms with E-state index in [2.05, 4.69) is 66.5 Å². The highest BCUT2D eigenvalue weighted by Crippen LogP contribution is 2.43. The topological polar surface area (TPSA) is 268 Å². The number of aryl methyl sites for hydroxylation is 1. The maximum absolute atomic E-state index is 14.6. The number of fused-ring (bicyclic) bond motifs is 4. The molecule has 12 aromatic rings. The molecule has 2 aliphatic heterocycles. The number of carbonyl (C=O) groups is 1. The highest BCUT2D eigenvalue weighted by Gasteiger charge is 2.30. The molecule has 14 rings (SSSR count). The average Bonchev–Trinajstić information content (AvgIpc) is 0.795. The van der Waals surface area contributed by atoms with Gasteiger partial charge in [0, 0.05) is 71.7 Å². The lowest BCUT2D eigenvalue weighted by molar-refractivity contribution is 0.0124. The van der Waals surface area contributed by atoms with Crippen LogP contribution in [0.5, 0.6) is 40.2 Å². The Balaban J connectivity index is 0.000000149. The summed E-state index contributed by atoms with van der Waals surface area (Å²) < 4.78 is 96.7. The van der Waals surface area contributed by atoms with Crippen molar-refractivity contribution in [1.82, 2.24) is 50.1 Å². The van der Waals surface area contributed by atoms with Crippen LogP contribution >= 0.6 is 92.8 Å². The van der Waals surface area contributed by atoms with Gasteiger partial charge < -0.3 is 69.7 Å². The second kappa shape index (κ2) is 36.6. The number of ether oxygens (including phenoxy) is 7. The van der Waals surface area contributed by atoms with Gasteiger partial charge in [0.25, 0.3) is 0 Å². The predicted molar refractivity (Wildman–Crippen MR) is 428 cm³/mol. The molecule has 2 saturated heterocycles. The van der Waals surface area contributed by atoms with Crippen molar-refractivity contribution >= 4 is 189 Å². The van der Waals surface area contributed by atoms with Gasteiger partial charge in [-0.25, -0.2) is 62.2 Å². The molecule has 0 spiro atoms. The summed E-state index contributed by atoms with van der Waals surface area (Å²) in [6, 6.07) is 25.7. The smallest absolute Gasteiger partial charge is 0.410 e. The third-order valence-corrected chi connectivity index (χ3v) is 20.2. The normalized spacial score (nSPS) is 13.1. The summed E-state index contributed by atoms with van der Waals surface area (Å²) in [7, 11) is 6.17. The van der Waals surface area contributed by atoms with Crippen molar-refractivity contribution in [2.75, 3.05) is 75.9 Å². The van der Waals surface area contributed by atoms with Crippen LogP contribution in [-0.4, -0.2) is 128 Å². The van der Waals surface area contributed by atoms with E-state index in [0.717, 1.165) is 42.6 Å². The van der Waals surface area contributed by atoms with E-state index in [4.69, 9.17) is 126 Å². The third-order valence-electron chi connectivity index (χ3n) is 17.0. The Morgan fingerprint density at radius 2 is 0.757 bits per heavy atom. The number of phenols is 1. The fraction of sp³-hybridized carbons (Fsp3) is 0.250. The van der Waals surface area contributed by atoms with E-state index in [0.29, 0.717) is 110 Å². The van der Waals surface area contributed by atoms with Crippen LogP contribution in [0, 0.1) is 30.2 Å². The number of piperidine rings is 2. The fourth-order valence-electron chi connectivity index (χ4n) is 11.4. The Morgan fingerprint density at radius 3 is 1.10 bits per heavy atom. The lowest BCUT2D eigenvalue weighted by Gasteiger charge is -2.33. The second-order valence-corrected chi connectivity index (χ2v) is 28.7. The largest absolute Gasteiger partial charge is 0.504 e. The number of anilines is 8. The summed E-state index contributed by atoms with van der Waals surface area (Å²) in [5, 5.41) is 27.3. The molecule has 6 heterocycles. The minimum Gasteiger partial charge on any atom is -0.504 e. The first kappa shape index (κ1) is 82.2. The van der Waals surface area contributed by atoms with E-state index in [9.17, 15) is 27.5 Å². The van der Waals surface area contributed by atoms with Crippen molar-refractivity contribution < 1.29 is 60.6 Å². The van der Waals surface area contributed by atoms with Crippen molar-refractivity contribution in [2.45, 2.75) is 71.2 Å². The standard InChI is InChI=1S/C25H27Cl2FN4O4.C20H19Cl2FN4O2.C16H12Cl2FN3O.C15H10Cl2FN3O2/c1-25(2,3)36-24(33)32-9-7-14(8-10-32)35-20-11-15-18(12-19(20)34-4)29-13-30-23(15)31-17-6-5-16(26)21(27)22(17)28;1-28-16-9-15-12(8-17(16)29-11-4-6-24-7-5-11)20(26-10-25-15)27-14-3-2-13(21)18(22)19(14)23;1-8-5-9-12(6-13(8)23-2)20-7-21-16(9)22-11-4-3-10(17)14(18)15(11)19;1-23-12-5-10-7(4-11(12)22)15(20-6-19-10)21-9-3-2-8(16)13(17)14(9)18/h5-6,11-14H,7-10H2,1-4H3,(H,29,30,31);2-3,8-11,24H,4-7H2,1H3,(H,25,26,27);3-7H,1-2H3,(H,20,21,22);2-6,22H,1H3,(H,19,20,21). The highest BCUT2D eigenvalue weighted by atomic mass is 35.5. The summed E-state index contributed by atoms with van der Waals surface area (Å²) in [5.74, 6) is 2.02. The number of methoxy groups -OCH3 is 4. The molecule has 1 amide bonds. The van der Waals surface area contributed by atoms with Gasteiger partial charge in [-0.2, -0.15) is 0 Å². The van der Waals surface area contributed by atoms with Crippen LogP contribution in [0.2, 0.25) is 40.2 Å². The van der Waals surface area contributed by atoms with E-state index < -0.39 is 28.9 Å². The number of rotatable bonds is 16. The van der Waals surface area contributed by atoms with E-state index in [1.165, 1.54) is 87.0 Å². The maximum Gasteiger partial charge on any atom is 0.410 e. The fourth-order valence-corrected chi connectivity index (χ4v) is 12.7. The monoisotopic (exact) mass is 1680 g/mol. The molecule has 111 heavy (non-hydrogen) atoms. The molecule has 2 aliphatic rings. The lowest BCUT2D eigenvalue weighted by atomic mass is 10.1. The molecule has 2 fully saturated rings. The maximum atomic E-state index is 14.6. The molecule has 0 radical (unpaired) electrons. The van der Waals surface area contributed by atoms with Gasteiger partial charge in [-0.3, -0.25) is 0 Å². The summed E-state index contributed by atoms with van der Waals surface area (Å²) in [6.45, 7) is 10.3. The third kappa shape index (κ3) is 19.7. The van der Waals surface area contributed by atoms with Gasteiger partial charge in [0.2, 0.25) is 0 Å². The zero-order valence-electron chi connectivity index (χ0n) is 60.1. The summed E-state index contributed by atoms with van der Waals surface area (Å²) in [5.41, 5.74) is 3.39. The highest BCUT2D eigenvalue weighted by molar-refractivity contribution is 6.44. The van der Waals surface area contributed by atoms with Crippen LogP contribution in [0.1, 0.15) is 52.0 Å². The number of halogens is 12. The molecule has 580 valence electrons. The molecule has 0 saturated carbocycles. The van der Waals surface area contributed by atoms with E-state index >= 15 is 0 Å². The van der Waals surface area contributed by atoms with Crippen molar-refractivity contribution in [2.24, 2.45) is 0 Å². The van der Waals surface area contributed by atoms with Crippen LogP contribution in [0.4, 0.5) is 68.4 Å². The van der Waals surface area contributed by atoms with Crippen LogP contribution in [-0.2, 0) is 4.74 Å². The zero-order chi connectivity index (χ0) is 79.5. The molecule has 8 aromatic carbocycles. The lowest BCUT2D eigenvalue weighted by Crippen LogP contribution is -2.44. The average molecular weight is 1680 g/mol. The Labute approximate surface area is 673 Å². The van der Waals surface area contributed by atoms with E-state index in [-0.39, 0.29) is 92.7 Å². The summed E-state index contributed by atoms with van der Waals surface area (Å²) in [6.07, 6.45) is 8.19. The number of nitrogens with zero attached hydrogens (tertiary/aromatic N) is 9. The zero-order valence-corrected chi connectivity index (χ0v) is 66.2. The van der Waals surface area contributed by atoms with Gasteiger partial charge in [-0.15, -0.1) is 0 Å². The molecule has 0 unspecified atom stereocenters. The van der Waals surface area contributed by atoms with Gasteiger partial charge in [-0.05, 0) is 132 Å². The second-order valence-electron chi connectivity index (χ2n) is 25.6. The first-order valence-corrected chi connectivity index (χ1v) is 36.8. The Hall–Kier alpha value is -9.81. The number of nitrogens with one attached hydrogen (secondary N) is 5. The van der Waals surface area contributed by atoms with Gasteiger partial charge in [0.05, 0.1) is 113 Å². The number of carbonyl (C=O) groups excluding carboxylic acids is 1. The summed E-state index contributed by atoms with van der Waals surface area (Å²) >= 11 is 46.8. The molecule has 6 N–H and O–H groups in total. The van der Waals surface area contributed by atoms with Gasteiger partial charge in [0.1, 0.15) is 72.1 Å². The van der Waals surface area contributed by atoms with Gasteiger partial charge >= 0.3 is 6.09 Å². The summed E-state index contributed by atoms with van der Waals surface area (Å²) in [4.78, 5) is 47.8. The van der Waals surface area contributed by atoms with Crippen LogP contribution < -0.4 is 55.0 Å². The quantitative estimate of drug-likeness (QED) is 0.0388. The number of aromatic nitrogens is 8. The number of benzene rings is 8. The minimum atomic E-state index is -0.691. The molecular formula is C76H68Cl8F4N14O9. The first-order chi connectivity index (χ1) is 53.1. The van der Waals surface area contributed by atoms with Crippen molar-refractivity contribution in [3.63, 3.8) is 0 Å². The first-order valence-electron chi connectivity index (χ1n) is 33.7. The number of hydrogen-bond acceptors (Lipinski definition) is 22. The SMILES string of the molecule is COc1cc2ncnc(Nc3ccc(Cl)c(Cl)c3F)c2cc1C.COc1cc2ncnc(Nc3ccc(Cl)c(Cl)c3F)c2cc1O.COc1cc2ncnc(Nc3ccc(Cl)c(Cl)c3F)c2cc1OC1CCN(C(=O)OC(C)(C)C)CC1.COc1cc2ncnc(Nc3ccc(Cl)c(Cl)c3F)c2cc1OC1CCNCC1. The Kier molecular flexibility index (Phi) is 27.1. The van der Waals surface area contributed by atoms with Crippen LogP contribution in [0.25, 0.3) is 43.6 Å². The van der Waals surface area contributed by atoms with Gasteiger partial charge in [-0.1, -0.05) is 92.8 Å². The van der Waals surface area contributed by atoms with Crippen LogP contribution in [0.15, 0.2) is 122 Å². The van der Waals surface area contributed by atoms with Crippen molar-refractivity contribution in [1.29, 1.82) is 0 Å². The Morgan fingerprint density at radius 1 is 0.441 bits per heavy atom. The molecule has 0 bridgehead atoms. The molecule has 35 heteroatoms. The molecule has 23 nitrogen and oxygen atoms in total. The predicted octanol–water partition coefficient (Wildman–Crippen LogP) is 21.2. The molecule has 0 aliphatic carbocycles. The number of likely N-dealkylation sites (tertiary alicyclic amines) is 1. The Bertz CT molecular complexity index is 5300. The minimum absolute atomic E-state index is 0.0764. The molecule has 0 atom stereocenters.